The molecule has 9 heteroatoms. The van der Waals surface area contributed by atoms with Crippen LogP contribution in [0.1, 0.15) is 62.0 Å². The van der Waals surface area contributed by atoms with Gasteiger partial charge in [0.25, 0.3) is 15.9 Å². The van der Waals surface area contributed by atoms with E-state index in [9.17, 15) is 18.0 Å². The van der Waals surface area contributed by atoms with Crippen LogP contribution in [-0.4, -0.2) is 26.9 Å². The Balaban J connectivity index is 1.63. The summed E-state index contributed by atoms with van der Waals surface area (Å²) in [7, 11) is -3.92. The van der Waals surface area contributed by atoms with Gasteiger partial charge >= 0.3 is 5.97 Å². The summed E-state index contributed by atoms with van der Waals surface area (Å²) in [6.45, 7) is 5.58. The molecule has 0 saturated carbocycles. The molecule has 0 radical (unpaired) electrons. The number of amides is 1. The number of rotatable bonds is 7. The average Bonchev–Trinajstić information content (AvgIpc) is 3.18. The Morgan fingerprint density at radius 3 is 2.46 bits per heavy atom. The normalized spacial score (nSPS) is 13.1. The van der Waals surface area contributed by atoms with Crippen LogP contribution in [0.4, 0.5) is 10.7 Å². The number of ether oxygens (including phenoxy) is 1. The van der Waals surface area contributed by atoms with Gasteiger partial charge in [-0.05, 0) is 81.8 Å². The number of benzene rings is 2. The molecule has 1 aromatic heterocycles. The van der Waals surface area contributed by atoms with Crippen molar-refractivity contribution in [2.75, 3.05) is 16.6 Å². The highest BCUT2D eigenvalue weighted by atomic mass is 32.2. The van der Waals surface area contributed by atoms with Gasteiger partial charge < -0.3 is 10.1 Å². The number of sulfonamides is 1. The van der Waals surface area contributed by atoms with Gasteiger partial charge in [-0.25, -0.2) is 13.2 Å². The molecule has 0 fully saturated rings. The SMILES string of the molecule is CCOC(=O)c1c(NC(=O)c2ccc(C)c(S(=O)(=O)Nc3ccc(C)cc3)c2)sc2c1CCCC2. The van der Waals surface area contributed by atoms with E-state index >= 15 is 0 Å². The second-order valence-corrected chi connectivity index (χ2v) is 11.3. The lowest BCUT2D eigenvalue weighted by atomic mass is 9.95. The van der Waals surface area contributed by atoms with Crippen molar-refractivity contribution in [2.45, 2.75) is 51.3 Å². The summed E-state index contributed by atoms with van der Waals surface area (Å²) in [6.07, 6.45) is 3.65. The average molecular weight is 513 g/mol. The lowest BCUT2D eigenvalue weighted by Crippen LogP contribution is -2.18. The Morgan fingerprint density at radius 1 is 1.03 bits per heavy atom. The van der Waals surface area contributed by atoms with Crippen LogP contribution in [0.2, 0.25) is 0 Å². The van der Waals surface area contributed by atoms with E-state index in [4.69, 9.17) is 4.74 Å². The molecule has 1 amide bonds. The Kier molecular flexibility index (Phi) is 7.28. The van der Waals surface area contributed by atoms with Crippen molar-refractivity contribution in [3.05, 3.63) is 75.2 Å². The van der Waals surface area contributed by atoms with E-state index in [2.05, 4.69) is 10.0 Å². The van der Waals surface area contributed by atoms with Crippen LogP contribution >= 0.6 is 11.3 Å². The monoisotopic (exact) mass is 512 g/mol. The second-order valence-electron chi connectivity index (χ2n) is 8.54. The summed E-state index contributed by atoms with van der Waals surface area (Å²) >= 11 is 1.39. The van der Waals surface area contributed by atoms with Crippen molar-refractivity contribution in [3.63, 3.8) is 0 Å². The first-order valence-electron chi connectivity index (χ1n) is 11.5. The van der Waals surface area contributed by atoms with Crippen molar-refractivity contribution in [1.82, 2.24) is 0 Å². The number of fused-ring (bicyclic) bond motifs is 1. The van der Waals surface area contributed by atoms with Gasteiger partial charge in [0.15, 0.2) is 0 Å². The Bertz CT molecular complexity index is 1380. The van der Waals surface area contributed by atoms with E-state index in [1.54, 1.807) is 38.1 Å². The molecule has 0 unspecified atom stereocenters. The molecule has 35 heavy (non-hydrogen) atoms. The van der Waals surface area contributed by atoms with Gasteiger partial charge in [-0.2, -0.15) is 0 Å². The van der Waals surface area contributed by atoms with Crippen LogP contribution in [0.5, 0.6) is 0 Å². The topological polar surface area (TPSA) is 102 Å². The maximum atomic E-state index is 13.2. The molecule has 4 rings (SSSR count). The minimum atomic E-state index is -3.92. The standard InChI is InChI=1S/C26H28N2O5S2/c1-4-33-26(30)23-20-7-5-6-8-21(20)34-25(23)27-24(29)18-12-11-17(3)22(15-18)35(31,32)28-19-13-9-16(2)10-14-19/h9-15,28H,4-8H2,1-3H3,(H,27,29). The van der Waals surface area contributed by atoms with Crippen LogP contribution < -0.4 is 10.0 Å². The number of thiophene rings is 1. The third-order valence-corrected chi connectivity index (χ3v) is 8.65. The van der Waals surface area contributed by atoms with Crippen molar-refractivity contribution in [3.8, 4) is 0 Å². The molecule has 3 aromatic rings. The molecular formula is C26H28N2O5S2. The molecule has 2 N–H and O–H groups in total. The first kappa shape index (κ1) is 24.9. The molecule has 0 bridgehead atoms. The van der Waals surface area contributed by atoms with Gasteiger partial charge in [0, 0.05) is 16.1 Å². The number of hydrogen-bond acceptors (Lipinski definition) is 6. The zero-order chi connectivity index (χ0) is 25.2. The maximum absolute atomic E-state index is 13.2. The number of carbonyl (C=O) groups is 2. The molecule has 0 saturated heterocycles. The summed E-state index contributed by atoms with van der Waals surface area (Å²) in [5, 5.41) is 3.29. The summed E-state index contributed by atoms with van der Waals surface area (Å²) in [5.41, 5.74) is 3.51. The highest BCUT2D eigenvalue weighted by molar-refractivity contribution is 7.92. The van der Waals surface area contributed by atoms with Gasteiger partial charge in [0.05, 0.1) is 17.1 Å². The Morgan fingerprint density at radius 2 is 1.74 bits per heavy atom. The first-order chi connectivity index (χ1) is 16.7. The Labute approximate surface area is 209 Å². The number of carbonyl (C=O) groups excluding carboxylic acids is 2. The van der Waals surface area contributed by atoms with Crippen LogP contribution in [-0.2, 0) is 27.6 Å². The van der Waals surface area contributed by atoms with Gasteiger partial charge in [0.1, 0.15) is 5.00 Å². The first-order valence-corrected chi connectivity index (χ1v) is 13.8. The smallest absolute Gasteiger partial charge is 0.341 e. The van der Waals surface area contributed by atoms with E-state index in [-0.39, 0.29) is 17.1 Å². The van der Waals surface area contributed by atoms with E-state index < -0.39 is 21.9 Å². The highest BCUT2D eigenvalue weighted by Crippen LogP contribution is 2.39. The molecule has 1 aliphatic rings. The molecule has 0 aliphatic heterocycles. The van der Waals surface area contributed by atoms with Crippen LogP contribution in [0, 0.1) is 13.8 Å². The van der Waals surface area contributed by atoms with E-state index in [0.717, 1.165) is 41.7 Å². The third-order valence-electron chi connectivity index (χ3n) is 5.92. The van der Waals surface area contributed by atoms with E-state index in [1.165, 1.54) is 17.4 Å². The molecule has 0 atom stereocenters. The zero-order valence-corrected chi connectivity index (χ0v) is 21.6. The fourth-order valence-electron chi connectivity index (χ4n) is 4.11. The fourth-order valence-corrected chi connectivity index (χ4v) is 6.71. The van der Waals surface area contributed by atoms with Crippen LogP contribution in [0.15, 0.2) is 47.4 Å². The number of anilines is 2. The number of nitrogens with one attached hydrogen (secondary N) is 2. The minimum Gasteiger partial charge on any atom is -0.462 e. The summed E-state index contributed by atoms with van der Waals surface area (Å²) in [6, 6.07) is 11.5. The molecule has 7 nitrogen and oxygen atoms in total. The Hall–Kier alpha value is -3.17. The fraction of sp³-hybridized carbons (Fsp3) is 0.308. The van der Waals surface area contributed by atoms with E-state index in [0.29, 0.717) is 21.8 Å². The predicted octanol–water partition coefficient (Wildman–Crippen LogP) is 5.47. The summed E-state index contributed by atoms with van der Waals surface area (Å²) in [5.74, 6) is -0.933. The maximum Gasteiger partial charge on any atom is 0.341 e. The van der Waals surface area contributed by atoms with Crippen molar-refractivity contribution in [1.29, 1.82) is 0 Å². The summed E-state index contributed by atoms with van der Waals surface area (Å²) in [4.78, 5) is 27.0. The predicted molar refractivity (Wildman–Crippen MR) is 138 cm³/mol. The molecule has 1 aliphatic carbocycles. The van der Waals surface area contributed by atoms with Gasteiger partial charge in [-0.3, -0.25) is 9.52 Å². The quantitative estimate of drug-likeness (QED) is 0.409. The van der Waals surface area contributed by atoms with Crippen molar-refractivity contribution in [2.24, 2.45) is 0 Å². The highest BCUT2D eigenvalue weighted by Gasteiger charge is 2.28. The van der Waals surface area contributed by atoms with Gasteiger partial charge in [-0.1, -0.05) is 23.8 Å². The van der Waals surface area contributed by atoms with Crippen molar-refractivity contribution < 1.29 is 22.7 Å². The minimum absolute atomic E-state index is 0.0156. The molecule has 2 aromatic carbocycles. The van der Waals surface area contributed by atoms with Crippen LogP contribution in [0.25, 0.3) is 0 Å². The molecular weight excluding hydrogens is 484 g/mol. The van der Waals surface area contributed by atoms with Gasteiger partial charge in [-0.15, -0.1) is 11.3 Å². The lowest BCUT2D eigenvalue weighted by molar-refractivity contribution is 0.0526. The van der Waals surface area contributed by atoms with Crippen molar-refractivity contribution >= 4 is 43.9 Å². The van der Waals surface area contributed by atoms with Crippen LogP contribution in [0.3, 0.4) is 0 Å². The number of esters is 1. The molecule has 0 spiro atoms. The second kappa shape index (κ2) is 10.2. The number of hydrogen-bond donors (Lipinski definition) is 2. The summed E-state index contributed by atoms with van der Waals surface area (Å²) < 4.78 is 34.0. The van der Waals surface area contributed by atoms with E-state index in [1.807, 2.05) is 19.1 Å². The lowest BCUT2D eigenvalue weighted by Gasteiger charge is -2.13. The number of aryl methyl sites for hydroxylation is 3. The zero-order valence-electron chi connectivity index (χ0n) is 19.9. The molecule has 1 heterocycles. The largest absolute Gasteiger partial charge is 0.462 e. The molecule has 184 valence electrons. The third kappa shape index (κ3) is 5.41. The van der Waals surface area contributed by atoms with Gasteiger partial charge in [0.2, 0.25) is 0 Å².